The molecule has 0 N–H and O–H groups in total. The van der Waals surface area contributed by atoms with Crippen LogP contribution < -0.4 is 0 Å². The molecule has 1 aliphatic rings. The number of hydrogen-bond acceptors (Lipinski definition) is 7. The predicted octanol–water partition coefficient (Wildman–Crippen LogP) is 3.19. The number of nitrogens with zero attached hydrogens (tertiary/aromatic N) is 6. The lowest BCUT2D eigenvalue weighted by atomic mass is 10.1. The molecule has 4 aromatic rings. The summed E-state index contributed by atoms with van der Waals surface area (Å²) in [5.41, 5.74) is 4.16. The molecule has 3 aromatic heterocycles. The van der Waals surface area contributed by atoms with E-state index in [9.17, 15) is 4.79 Å². The summed E-state index contributed by atoms with van der Waals surface area (Å²) in [6.45, 7) is 0.398. The third-order valence-electron chi connectivity index (χ3n) is 5.27. The molecule has 1 fully saturated rings. The molecule has 156 valence electrons. The minimum atomic E-state index is -0.527. The summed E-state index contributed by atoms with van der Waals surface area (Å²) in [5.74, 6) is 0.703. The maximum atomic E-state index is 12.3. The highest BCUT2D eigenvalue weighted by Gasteiger charge is 2.32. The van der Waals surface area contributed by atoms with Crippen LogP contribution in [0.4, 0.5) is 0 Å². The molecule has 8 nitrogen and oxygen atoms in total. The Labute approximate surface area is 184 Å². The van der Waals surface area contributed by atoms with Crippen LogP contribution in [0.5, 0.6) is 0 Å². The van der Waals surface area contributed by atoms with Gasteiger partial charge < -0.3 is 4.74 Å². The zero-order chi connectivity index (χ0) is 21.4. The van der Waals surface area contributed by atoms with Gasteiger partial charge in [0, 0.05) is 60.5 Å². The smallest absolute Gasteiger partial charge is 0.163 e. The average molecular weight is 433 g/mol. The lowest BCUT2D eigenvalue weighted by Crippen LogP contribution is -2.35. The topological polar surface area (TPSA) is 87.7 Å². The zero-order valence-electron chi connectivity index (χ0n) is 16.8. The molecule has 1 saturated heterocycles. The standard InChI is InChI=1S/C22H20N6O2S/c1-27-12-17(10-25-27)14-3-2-4-15(7-14)21-23-8-16(9-24-21)18-11-26-28(13-18)20-19(29)5-6-30-22(20)31/h2-4,7-13,20,22,31H,5-6H2,1H3. The number of hydrogen-bond donors (Lipinski definition) is 1. The minimum Gasteiger partial charge on any atom is -0.365 e. The summed E-state index contributed by atoms with van der Waals surface area (Å²) in [7, 11) is 1.89. The van der Waals surface area contributed by atoms with Gasteiger partial charge in [-0.05, 0) is 11.6 Å². The molecule has 1 aromatic carbocycles. The van der Waals surface area contributed by atoms with Crippen molar-refractivity contribution in [2.75, 3.05) is 6.61 Å². The van der Waals surface area contributed by atoms with Crippen LogP contribution in [0.3, 0.4) is 0 Å². The highest BCUT2D eigenvalue weighted by atomic mass is 32.1. The molecule has 1 aliphatic heterocycles. The van der Waals surface area contributed by atoms with E-state index >= 15 is 0 Å². The Morgan fingerprint density at radius 3 is 2.45 bits per heavy atom. The van der Waals surface area contributed by atoms with Gasteiger partial charge >= 0.3 is 0 Å². The van der Waals surface area contributed by atoms with Crippen LogP contribution >= 0.6 is 12.6 Å². The summed E-state index contributed by atoms with van der Waals surface area (Å²) >= 11 is 4.38. The fourth-order valence-electron chi connectivity index (χ4n) is 3.63. The molecule has 0 spiro atoms. The van der Waals surface area contributed by atoms with Crippen LogP contribution in [0, 0.1) is 0 Å². The lowest BCUT2D eigenvalue weighted by molar-refractivity contribution is -0.131. The van der Waals surface area contributed by atoms with Crippen LogP contribution in [-0.2, 0) is 16.6 Å². The molecule has 9 heteroatoms. The van der Waals surface area contributed by atoms with E-state index in [1.165, 1.54) is 0 Å². The number of thiol groups is 1. The first-order valence-corrected chi connectivity index (χ1v) is 10.4. The van der Waals surface area contributed by atoms with Crippen LogP contribution in [-0.4, -0.2) is 47.4 Å². The van der Waals surface area contributed by atoms with E-state index in [-0.39, 0.29) is 5.78 Å². The molecule has 2 atom stereocenters. The molecule has 0 amide bonds. The van der Waals surface area contributed by atoms with Gasteiger partial charge in [-0.2, -0.15) is 10.2 Å². The molecular weight excluding hydrogens is 412 g/mol. The number of aromatic nitrogens is 6. The van der Waals surface area contributed by atoms with Gasteiger partial charge in [0.25, 0.3) is 0 Å². The predicted molar refractivity (Wildman–Crippen MR) is 118 cm³/mol. The van der Waals surface area contributed by atoms with E-state index in [1.807, 2.05) is 49.9 Å². The number of aryl methyl sites for hydroxylation is 1. The molecule has 0 radical (unpaired) electrons. The first kappa shape index (κ1) is 19.7. The van der Waals surface area contributed by atoms with E-state index in [4.69, 9.17) is 4.74 Å². The summed E-state index contributed by atoms with van der Waals surface area (Å²) in [6, 6.07) is 7.52. The Morgan fingerprint density at radius 1 is 0.968 bits per heavy atom. The lowest BCUT2D eigenvalue weighted by Gasteiger charge is -2.27. The van der Waals surface area contributed by atoms with Gasteiger partial charge in [0.2, 0.25) is 0 Å². The second-order valence-corrected chi connectivity index (χ2v) is 7.92. The molecule has 4 heterocycles. The number of Topliss-reactive ketones (excluding diaryl/α,β-unsaturated/α-hetero) is 1. The molecule has 2 unspecified atom stereocenters. The molecular formula is C22H20N6O2S. The van der Waals surface area contributed by atoms with Crippen LogP contribution in [0.25, 0.3) is 33.6 Å². The van der Waals surface area contributed by atoms with Gasteiger partial charge in [-0.25, -0.2) is 9.97 Å². The fourth-order valence-corrected chi connectivity index (χ4v) is 4.04. The van der Waals surface area contributed by atoms with E-state index in [0.29, 0.717) is 18.9 Å². The quantitative estimate of drug-likeness (QED) is 0.499. The summed E-state index contributed by atoms with van der Waals surface area (Å²) in [6.07, 6.45) is 11.2. The fraction of sp³-hybridized carbons (Fsp3) is 0.227. The van der Waals surface area contributed by atoms with Crippen molar-refractivity contribution in [1.82, 2.24) is 29.5 Å². The van der Waals surface area contributed by atoms with Crippen molar-refractivity contribution in [2.24, 2.45) is 7.05 Å². The second kappa shape index (κ2) is 8.09. The average Bonchev–Trinajstić information content (AvgIpc) is 3.44. The maximum absolute atomic E-state index is 12.3. The Bertz CT molecular complexity index is 1230. The van der Waals surface area contributed by atoms with Gasteiger partial charge in [-0.1, -0.05) is 18.2 Å². The monoisotopic (exact) mass is 432 g/mol. The number of ether oxygens (including phenoxy) is 1. The van der Waals surface area contributed by atoms with Gasteiger partial charge in [-0.15, -0.1) is 12.6 Å². The van der Waals surface area contributed by atoms with Crippen LogP contribution in [0.1, 0.15) is 12.5 Å². The molecule has 0 saturated carbocycles. The first-order chi connectivity index (χ1) is 15.1. The molecule has 5 rings (SSSR count). The van der Waals surface area contributed by atoms with Crippen molar-refractivity contribution in [3.8, 4) is 33.6 Å². The van der Waals surface area contributed by atoms with Crippen LogP contribution in [0.15, 0.2) is 61.4 Å². The van der Waals surface area contributed by atoms with Crippen molar-refractivity contribution in [3.05, 3.63) is 61.4 Å². The van der Waals surface area contributed by atoms with Crippen molar-refractivity contribution in [2.45, 2.75) is 17.9 Å². The number of carbonyl (C=O) groups excluding carboxylic acids is 1. The molecule has 0 aliphatic carbocycles. The summed E-state index contributed by atoms with van der Waals surface area (Å²) < 4.78 is 8.88. The normalized spacial score (nSPS) is 19.0. The van der Waals surface area contributed by atoms with E-state index in [1.54, 1.807) is 28.0 Å². The number of rotatable bonds is 4. The van der Waals surface area contributed by atoms with Crippen LogP contribution in [0.2, 0.25) is 0 Å². The number of ketones is 1. The van der Waals surface area contributed by atoms with E-state index in [2.05, 4.69) is 32.8 Å². The Kier molecular flexibility index (Phi) is 5.13. The summed E-state index contributed by atoms with van der Waals surface area (Å²) in [4.78, 5) is 21.3. The Balaban J connectivity index is 1.39. The van der Waals surface area contributed by atoms with Gasteiger partial charge in [0.05, 0.1) is 19.0 Å². The van der Waals surface area contributed by atoms with E-state index < -0.39 is 11.5 Å². The highest BCUT2D eigenvalue weighted by Crippen LogP contribution is 2.28. The number of benzene rings is 1. The Morgan fingerprint density at radius 2 is 1.71 bits per heavy atom. The minimum absolute atomic E-state index is 0.0704. The van der Waals surface area contributed by atoms with Crippen molar-refractivity contribution >= 4 is 18.4 Å². The van der Waals surface area contributed by atoms with Gasteiger partial charge in [0.15, 0.2) is 11.6 Å². The van der Waals surface area contributed by atoms with Crippen molar-refractivity contribution in [3.63, 3.8) is 0 Å². The molecule has 0 bridgehead atoms. The highest BCUT2D eigenvalue weighted by molar-refractivity contribution is 7.80. The third-order valence-corrected chi connectivity index (χ3v) is 5.70. The first-order valence-electron chi connectivity index (χ1n) is 9.87. The molecule has 31 heavy (non-hydrogen) atoms. The van der Waals surface area contributed by atoms with Gasteiger partial charge in [0.1, 0.15) is 11.5 Å². The maximum Gasteiger partial charge on any atom is 0.163 e. The third kappa shape index (κ3) is 3.89. The SMILES string of the molecule is Cn1cc(-c2cccc(-c3ncc(-c4cnn(C5C(=O)CCOC5S)c4)cn3)c2)cn1. The zero-order valence-corrected chi connectivity index (χ0v) is 17.7. The second-order valence-electron chi connectivity index (χ2n) is 7.41. The summed E-state index contributed by atoms with van der Waals surface area (Å²) in [5, 5.41) is 8.58. The van der Waals surface area contributed by atoms with E-state index in [0.717, 1.165) is 27.8 Å². The van der Waals surface area contributed by atoms with Crippen molar-refractivity contribution in [1.29, 1.82) is 0 Å². The van der Waals surface area contributed by atoms with Gasteiger partial charge in [-0.3, -0.25) is 14.2 Å². The Hall–Kier alpha value is -3.30. The number of carbonyl (C=O) groups is 1. The van der Waals surface area contributed by atoms with Crippen molar-refractivity contribution < 1.29 is 9.53 Å². The largest absolute Gasteiger partial charge is 0.365 e.